The van der Waals surface area contributed by atoms with E-state index in [1.165, 1.54) is 45.2 Å². The van der Waals surface area contributed by atoms with Gasteiger partial charge < -0.3 is 10.2 Å². The Morgan fingerprint density at radius 1 is 1.08 bits per heavy atom. The monoisotopic (exact) mass is 395 g/mol. The Morgan fingerprint density at radius 3 is 2.65 bits per heavy atom. The summed E-state index contributed by atoms with van der Waals surface area (Å²) in [6.45, 7) is 4.05. The van der Waals surface area contributed by atoms with Gasteiger partial charge in [-0.05, 0) is 56.5 Å². The second kappa shape index (κ2) is 8.05. The van der Waals surface area contributed by atoms with E-state index in [0.717, 1.165) is 18.7 Å². The molecule has 1 saturated carbocycles. The average Bonchev–Trinajstić information content (AvgIpc) is 3.18. The summed E-state index contributed by atoms with van der Waals surface area (Å²) in [5.41, 5.74) is 0.938. The number of halogens is 2. The van der Waals surface area contributed by atoms with Crippen LogP contribution in [0, 0.1) is 0 Å². The summed E-state index contributed by atoms with van der Waals surface area (Å²) >= 11 is 12.1. The molecule has 0 radical (unpaired) electrons. The van der Waals surface area contributed by atoms with Crippen molar-refractivity contribution < 1.29 is 4.79 Å². The maximum atomic E-state index is 13.2. The highest BCUT2D eigenvalue weighted by Gasteiger charge is 2.44. The lowest BCUT2D eigenvalue weighted by atomic mass is 9.82. The lowest BCUT2D eigenvalue weighted by molar-refractivity contribution is -0.137. The lowest BCUT2D eigenvalue weighted by Crippen LogP contribution is -2.68. The van der Waals surface area contributed by atoms with E-state index in [1.807, 2.05) is 12.1 Å². The van der Waals surface area contributed by atoms with Crippen molar-refractivity contribution in [3.63, 3.8) is 0 Å². The summed E-state index contributed by atoms with van der Waals surface area (Å²) in [7, 11) is 0. The second-order valence-corrected chi connectivity index (χ2v) is 8.62. The number of fused-ring (bicyclic) bond motifs is 1. The smallest absolute Gasteiger partial charge is 0.227 e. The molecule has 1 N–H and O–H groups in total. The Morgan fingerprint density at radius 2 is 1.88 bits per heavy atom. The first-order valence-electron chi connectivity index (χ1n) is 9.84. The highest BCUT2D eigenvalue weighted by molar-refractivity contribution is 6.42. The molecule has 1 aromatic carbocycles. The van der Waals surface area contributed by atoms with E-state index in [1.54, 1.807) is 6.07 Å². The third kappa shape index (κ3) is 3.75. The first-order valence-corrected chi connectivity index (χ1v) is 10.6. The van der Waals surface area contributed by atoms with Crippen LogP contribution in [0.15, 0.2) is 18.2 Å². The number of nitrogens with one attached hydrogen (secondary N) is 1. The third-order valence-electron chi connectivity index (χ3n) is 6.21. The quantitative estimate of drug-likeness (QED) is 0.851. The zero-order chi connectivity index (χ0) is 18.1. The SMILES string of the molecule is O=C(Cc1ccc(Cl)c(Cl)c1)N1CCN[C@H]2CCC[C@@H](N3CCCC3)[C@@H]21. The number of piperazine rings is 1. The third-order valence-corrected chi connectivity index (χ3v) is 6.95. The van der Waals surface area contributed by atoms with Gasteiger partial charge in [-0.3, -0.25) is 9.69 Å². The Labute approximate surface area is 165 Å². The van der Waals surface area contributed by atoms with Gasteiger partial charge in [0.2, 0.25) is 5.91 Å². The van der Waals surface area contributed by atoms with Gasteiger partial charge >= 0.3 is 0 Å². The molecule has 0 unspecified atom stereocenters. The summed E-state index contributed by atoms with van der Waals surface area (Å²) in [5, 5.41) is 4.73. The number of hydrogen-bond donors (Lipinski definition) is 1. The number of nitrogens with zero attached hydrogens (tertiary/aromatic N) is 2. The first-order chi connectivity index (χ1) is 12.6. The van der Waals surface area contributed by atoms with E-state index in [9.17, 15) is 4.79 Å². The molecule has 1 aromatic rings. The normalized spacial score (nSPS) is 29.6. The van der Waals surface area contributed by atoms with Crippen LogP contribution in [0.5, 0.6) is 0 Å². The van der Waals surface area contributed by atoms with Gasteiger partial charge in [-0.25, -0.2) is 0 Å². The minimum atomic E-state index is 0.214. The second-order valence-electron chi connectivity index (χ2n) is 7.80. The molecule has 142 valence electrons. The molecule has 4 nitrogen and oxygen atoms in total. The molecule has 2 aliphatic heterocycles. The largest absolute Gasteiger partial charge is 0.335 e. The Balaban J connectivity index is 1.52. The van der Waals surface area contributed by atoms with Gasteiger partial charge in [-0.1, -0.05) is 35.7 Å². The van der Waals surface area contributed by atoms with Crippen molar-refractivity contribution in [1.29, 1.82) is 0 Å². The van der Waals surface area contributed by atoms with Crippen LogP contribution in [-0.2, 0) is 11.2 Å². The van der Waals surface area contributed by atoms with E-state index >= 15 is 0 Å². The molecular formula is C20H27Cl2N3O. The number of benzene rings is 1. The van der Waals surface area contributed by atoms with Crippen molar-refractivity contribution in [3.8, 4) is 0 Å². The molecule has 4 rings (SSSR count). The van der Waals surface area contributed by atoms with Crippen LogP contribution in [-0.4, -0.2) is 60.0 Å². The number of carbonyl (C=O) groups is 1. The first kappa shape index (κ1) is 18.5. The average molecular weight is 396 g/mol. The van der Waals surface area contributed by atoms with E-state index in [-0.39, 0.29) is 5.91 Å². The van der Waals surface area contributed by atoms with Crippen molar-refractivity contribution in [3.05, 3.63) is 33.8 Å². The minimum absolute atomic E-state index is 0.214. The highest BCUT2D eigenvalue weighted by atomic mass is 35.5. The topological polar surface area (TPSA) is 35.6 Å². The van der Waals surface area contributed by atoms with Gasteiger partial charge in [0.15, 0.2) is 0 Å². The van der Waals surface area contributed by atoms with Crippen molar-refractivity contribution in [2.45, 2.75) is 56.7 Å². The molecule has 0 aromatic heterocycles. The van der Waals surface area contributed by atoms with Gasteiger partial charge in [0.25, 0.3) is 0 Å². The van der Waals surface area contributed by atoms with Gasteiger partial charge in [-0.15, -0.1) is 0 Å². The molecule has 2 heterocycles. The molecule has 26 heavy (non-hydrogen) atoms. The van der Waals surface area contributed by atoms with E-state index in [0.29, 0.717) is 34.6 Å². The molecule has 3 atom stereocenters. The standard InChI is InChI=1S/C20H27Cl2N3O/c21-15-7-6-14(12-16(15)22)13-19(26)25-11-8-23-17-4-3-5-18(20(17)25)24-9-1-2-10-24/h6-7,12,17-18,20,23H,1-5,8-11,13H2/t17-,18+,20+/m0/s1. The zero-order valence-corrected chi connectivity index (χ0v) is 16.6. The van der Waals surface area contributed by atoms with Crippen molar-refractivity contribution in [2.75, 3.05) is 26.2 Å². The van der Waals surface area contributed by atoms with E-state index in [2.05, 4.69) is 15.1 Å². The number of carbonyl (C=O) groups excluding carboxylic acids is 1. The summed E-state index contributed by atoms with van der Waals surface area (Å²) in [4.78, 5) is 18.0. The summed E-state index contributed by atoms with van der Waals surface area (Å²) in [6, 6.07) is 6.74. The number of hydrogen-bond acceptors (Lipinski definition) is 3. The number of amides is 1. The van der Waals surface area contributed by atoms with Crippen LogP contribution >= 0.6 is 23.2 Å². The minimum Gasteiger partial charge on any atom is -0.335 e. The molecular weight excluding hydrogens is 369 g/mol. The molecule has 0 bridgehead atoms. The number of likely N-dealkylation sites (tertiary alicyclic amines) is 1. The lowest BCUT2D eigenvalue weighted by Gasteiger charge is -2.51. The van der Waals surface area contributed by atoms with Crippen molar-refractivity contribution in [1.82, 2.24) is 15.1 Å². The fourth-order valence-corrected chi connectivity index (χ4v) is 5.33. The predicted octanol–water partition coefficient (Wildman–Crippen LogP) is 3.35. The highest BCUT2D eigenvalue weighted by Crippen LogP contribution is 2.32. The predicted molar refractivity (Wildman–Crippen MR) is 106 cm³/mol. The van der Waals surface area contributed by atoms with Crippen LogP contribution in [0.3, 0.4) is 0 Å². The van der Waals surface area contributed by atoms with Crippen LogP contribution in [0.1, 0.15) is 37.7 Å². The maximum absolute atomic E-state index is 13.2. The Bertz CT molecular complexity index is 660. The molecule has 1 amide bonds. The van der Waals surface area contributed by atoms with Gasteiger partial charge in [0.05, 0.1) is 22.5 Å². The fraction of sp³-hybridized carbons (Fsp3) is 0.650. The van der Waals surface area contributed by atoms with E-state index in [4.69, 9.17) is 23.2 Å². The molecule has 1 aliphatic carbocycles. The van der Waals surface area contributed by atoms with Gasteiger partial charge in [-0.2, -0.15) is 0 Å². The summed E-state index contributed by atoms with van der Waals surface area (Å²) in [6.07, 6.45) is 6.61. The fourth-order valence-electron chi connectivity index (χ4n) is 5.01. The van der Waals surface area contributed by atoms with E-state index < -0.39 is 0 Å². The summed E-state index contributed by atoms with van der Waals surface area (Å²) in [5.74, 6) is 0.214. The number of rotatable bonds is 3. The van der Waals surface area contributed by atoms with Crippen molar-refractivity contribution in [2.24, 2.45) is 0 Å². The van der Waals surface area contributed by atoms with Crippen LogP contribution in [0.4, 0.5) is 0 Å². The molecule has 6 heteroatoms. The summed E-state index contributed by atoms with van der Waals surface area (Å²) < 4.78 is 0. The molecule has 2 saturated heterocycles. The molecule has 3 aliphatic rings. The van der Waals surface area contributed by atoms with Gasteiger partial charge in [0.1, 0.15) is 0 Å². The Hall–Kier alpha value is -0.810. The molecule has 3 fully saturated rings. The zero-order valence-electron chi connectivity index (χ0n) is 15.1. The Kier molecular flexibility index (Phi) is 5.75. The van der Waals surface area contributed by atoms with Crippen LogP contribution in [0.25, 0.3) is 0 Å². The van der Waals surface area contributed by atoms with Crippen molar-refractivity contribution >= 4 is 29.1 Å². The molecule has 0 spiro atoms. The van der Waals surface area contributed by atoms with Crippen LogP contribution in [0.2, 0.25) is 10.0 Å². The van der Waals surface area contributed by atoms with Crippen LogP contribution < -0.4 is 5.32 Å². The maximum Gasteiger partial charge on any atom is 0.227 e. The van der Waals surface area contributed by atoms with Gasteiger partial charge in [0, 0.05) is 25.2 Å².